The topological polar surface area (TPSA) is 79.6 Å². The molecule has 3 aromatic rings. The Morgan fingerprint density at radius 2 is 1.96 bits per heavy atom. The fourth-order valence-electron chi connectivity index (χ4n) is 2.79. The van der Waals surface area contributed by atoms with Crippen molar-refractivity contribution in [1.82, 2.24) is 19.5 Å². The zero-order valence-electron chi connectivity index (χ0n) is 15.4. The van der Waals surface area contributed by atoms with Gasteiger partial charge < -0.3 is 10.2 Å². The first-order valence-electron chi connectivity index (χ1n) is 7.96. The first kappa shape index (κ1) is 21.1. The number of benzene rings is 1. The number of aryl methyl sites for hydroxylation is 1. The third kappa shape index (κ3) is 3.90. The molecular weight excluding hydrogens is 393 g/mol. The summed E-state index contributed by atoms with van der Waals surface area (Å²) in [6.45, 7) is 2.36. The maximum atomic E-state index is 13.6. The van der Waals surface area contributed by atoms with Crippen molar-refractivity contribution in [2.24, 2.45) is 0 Å². The Labute approximate surface area is 163 Å². The molecule has 0 aliphatic heterocycles. The van der Waals surface area contributed by atoms with Crippen LogP contribution in [0.3, 0.4) is 0 Å². The summed E-state index contributed by atoms with van der Waals surface area (Å²) in [6, 6.07) is 6.78. The van der Waals surface area contributed by atoms with Gasteiger partial charge in [-0.05, 0) is 45.3 Å². The average molecular weight is 414 g/mol. The molecule has 0 bridgehead atoms. The Morgan fingerprint density at radius 1 is 1.26 bits per heavy atom. The lowest BCUT2D eigenvalue weighted by Gasteiger charge is -2.11. The molecule has 2 heterocycles. The van der Waals surface area contributed by atoms with Crippen LogP contribution in [0.2, 0.25) is 0 Å². The number of fused-ring (bicyclic) bond motifs is 1. The van der Waals surface area contributed by atoms with Crippen LogP contribution in [0.4, 0.5) is 10.2 Å². The van der Waals surface area contributed by atoms with E-state index in [2.05, 4.69) is 15.4 Å². The normalized spacial score (nSPS) is 11.6. The molecule has 0 atom stereocenters. The Morgan fingerprint density at radius 3 is 2.56 bits per heavy atom. The van der Waals surface area contributed by atoms with Crippen LogP contribution in [0.15, 0.2) is 40.1 Å². The Kier molecular flexibility index (Phi) is 6.08. The summed E-state index contributed by atoms with van der Waals surface area (Å²) in [7, 11) is 1.40. The van der Waals surface area contributed by atoms with E-state index in [1.165, 1.54) is 22.7 Å². The van der Waals surface area contributed by atoms with Gasteiger partial charge in [0.25, 0.3) is 0 Å². The van der Waals surface area contributed by atoms with E-state index in [0.717, 1.165) is 11.8 Å². The predicted molar refractivity (Wildman–Crippen MR) is 104 cm³/mol. The quantitative estimate of drug-likeness (QED) is 0.692. The van der Waals surface area contributed by atoms with E-state index in [9.17, 15) is 12.8 Å². The maximum Gasteiger partial charge on any atom is 0.214 e. The van der Waals surface area contributed by atoms with Crippen LogP contribution < -0.4 is 5.32 Å². The second kappa shape index (κ2) is 7.79. The molecule has 0 fully saturated rings. The number of nitrogens with zero attached hydrogens (tertiary/aromatic N) is 4. The van der Waals surface area contributed by atoms with Gasteiger partial charge in [-0.15, -0.1) is 17.5 Å². The van der Waals surface area contributed by atoms with E-state index in [1.54, 1.807) is 14.0 Å². The van der Waals surface area contributed by atoms with Crippen molar-refractivity contribution in [3.8, 4) is 0 Å². The van der Waals surface area contributed by atoms with Gasteiger partial charge in [-0.2, -0.15) is 0 Å². The molecular formula is C17H21ClFN5O2S. The van der Waals surface area contributed by atoms with Crippen molar-refractivity contribution in [3.05, 3.63) is 47.5 Å². The lowest BCUT2D eigenvalue weighted by molar-refractivity contribution is 0.392. The zero-order chi connectivity index (χ0) is 19.1. The predicted octanol–water partition coefficient (Wildman–Crippen LogP) is 2.53. The molecule has 0 amide bonds. The van der Waals surface area contributed by atoms with Gasteiger partial charge in [0.2, 0.25) is 9.84 Å². The lowest BCUT2D eigenvalue weighted by Crippen LogP contribution is -2.15. The van der Waals surface area contributed by atoms with E-state index >= 15 is 0 Å². The molecule has 1 N–H and O–H groups in total. The minimum absolute atomic E-state index is 0. The van der Waals surface area contributed by atoms with Gasteiger partial charge in [0.05, 0.1) is 10.6 Å². The standard InChI is InChI=1S/C17H20FN5O2S.ClH/c1-11-8-13(10-22(3)4)23-17(20-11)15(16(19-2)21-23)26(24,25)14-7-5-6-12(18)9-14;/h5-9H,10H2,1-4H3,(H,19,21);1H. The summed E-state index contributed by atoms with van der Waals surface area (Å²) in [4.78, 5) is 6.15. The van der Waals surface area contributed by atoms with Crippen molar-refractivity contribution < 1.29 is 12.8 Å². The smallest absolute Gasteiger partial charge is 0.214 e. The van der Waals surface area contributed by atoms with E-state index in [0.29, 0.717) is 12.2 Å². The number of aromatic nitrogens is 3. The molecule has 0 aliphatic rings. The minimum atomic E-state index is -4.01. The molecule has 0 aliphatic carbocycles. The molecule has 0 radical (unpaired) electrons. The molecule has 27 heavy (non-hydrogen) atoms. The Balaban J connectivity index is 0.00000261. The maximum absolute atomic E-state index is 13.6. The number of hydrogen-bond acceptors (Lipinski definition) is 6. The summed E-state index contributed by atoms with van der Waals surface area (Å²) in [6.07, 6.45) is 0. The van der Waals surface area contributed by atoms with Crippen molar-refractivity contribution in [2.45, 2.75) is 23.3 Å². The summed E-state index contributed by atoms with van der Waals surface area (Å²) in [5.41, 5.74) is 1.69. The van der Waals surface area contributed by atoms with Crippen LogP contribution in [0, 0.1) is 12.7 Å². The molecule has 3 rings (SSSR count). The number of halogens is 2. The lowest BCUT2D eigenvalue weighted by atomic mass is 10.3. The molecule has 7 nitrogen and oxygen atoms in total. The van der Waals surface area contributed by atoms with Crippen molar-refractivity contribution in [1.29, 1.82) is 0 Å². The van der Waals surface area contributed by atoms with Crippen molar-refractivity contribution in [3.63, 3.8) is 0 Å². The highest BCUT2D eigenvalue weighted by Crippen LogP contribution is 2.31. The van der Waals surface area contributed by atoms with Gasteiger partial charge in [-0.3, -0.25) is 0 Å². The third-order valence-electron chi connectivity index (χ3n) is 3.84. The number of rotatable bonds is 5. The molecule has 10 heteroatoms. The average Bonchev–Trinajstić information content (AvgIpc) is 2.93. The van der Waals surface area contributed by atoms with Crippen LogP contribution in [0.5, 0.6) is 0 Å². The van der Waals surface area contributed by atoms with Gasteiger partial charge in [0.15, 0.2) is 16.4 Å². The molecule has 0 saturated carbocycles. The van der Waals surface area contributed by atoms with Crippen molar-refractivity contribution >= 4 is 33.7 Å². The van der Waals surface area contributed by atoms with Gasteiger partial charge in [-0.25, -0.2) is 22.3 Å². The Bertz CT molecular complexity index is 1080. The van der Waals surface area contributed by atoms with Gasteiger partial charge in [-0.1, -0.05) is 6.07 Å². The van der Waals surface area contributed by atoms with Crippen LogP contribution in [0.25, 0.3) is 5.65 Å². The van der Waals surface area contributed by atoms with Crippen LogP contribution in [-0.2, 0) is 16.4 Å². The molecule has 0 unspecified atom stereocenters. The molecule has 0 saturated heterocycles. The monoisotopic (exact) mass is 413 g/mol. The van der Waals surface area contributed by atoms with Gasteiger partial charge >= 0.3 is 0 Å². The number of sulfone groups is 1. The summed E-state index contributed by atoms with van der Waals surface area (Å²) in [5, 5.41) is 7.20. The highest BCUT2D eigenvalue weighted by Gasteiger charge is 2.29. The van der Waals surface area contributed by atoms with Crippen LogP contribution in [0.1, 0.15) is 11.4 Å². The van der Waals surface area contributed by atoms with Crippen LogP contribution >= 0.6 is 12.4 Å². The third-order valence-corrected chi connectivity index (χ3v) is 5.63. The largest absolute Gasteiger partial charge is 0.370 e. The van der Waals surface area contributed by atoms with E-state index in [-0.39, 0.29) is 33.7 Å². The van der Waals surface area contributed by atoms with E-state index < -0.39 is 15.7 Å². The fourth-order valence-corrected chi connectivity index (χ4v) is 4.33. The highest BCUT2D eigenvalue weighted by molar-refractivity contribution is 7.91. The SMILES string of the molecule is CNc1nn2c(CN(C)C)cc(C)nc2c1S(=O)(=O)c1cccc(F)c1.Cl. The first-order chi connectivity index (χ1) is 12.2. The highest BCUT2D eigenvalue weighted by atomic mass is 35.5. The minimum Gasteiger partial charge on any atom is -0.370 e. The summed E-state index contributed by atoms with van der Waals surface area (Å²) in [5.74, 6) is -0.446. The number of anilines is 1. The zero-order valence-corrected chi connectivity index (χ0v) is 17.0. The second-order valence-electron chi connectivity index (χ2n) is 6.25. The van der Waals surface area contributed by atoms with E-state index in [4.69, 9.17) is 0 Å². The summed E-state index contributed by atoms with van der Waals surface area (Å²) < 4.78 is 41.5. The number of hydrogen-bond donors (Lipinski definition) is 1. The molecule has 146 valence electrons. The second-order valence-corrected chi connectivity index (χ2v) is 8.14. The van der Waals surface area contributed by atoms with Crippen LogP contribution in [-0.4, -0.2) is 49.1 Å². The first-order valence-corrected chi connectivity index (χ1v) is 9.44. The van der Waals surface area contributed by atoms with Gasteiger partial charge in [0, 0.05) is 19.3 Å². The van der Waals surface area contributed by atoms with E-state index in [1.807, 2.05) is 25.1 Å². The number of nitrogens with one attached hydrogen (secondary N) is 1. The van der Waals surface area contributed by atoms with Gasteiger partial charge in [0.1, 0.15) is 5.82 Å². The Hall–Kier alpha value is -2.23. The molecule has 1 aromatic carbocycles. The molecule has 0 spiro atoms. The molecule has 2 aromatic heterocycles. The summed E-state index contributed by atoms with van der Waals surface area (Å²) >= 11 is 0. The van der Waals surface area contributed by atoms with Crippen molar-refractivity contribution in [2.75, 3.05) is 26.5 Å². The fraction of sp³-hybridized carbons (Fsp3) is 0.294.